The van der Waals surface area contributed by atoms with Crippen LogP contribution in [-0.2, 0) is 0 Å². The monoisotopic (exact) mass is 654 g/mol. The fraction of sp³-hybridized carbons (Fsp3) is 1.00. The minimum Gasteiger partial charge on any atom is -0.200 e. The Morgan fingerprint density at radius 2 is 0.452 bits per heavy atom. The Balaban J connectivity index is 5.88. The Morgan fingerprint density at radius 1 is 0.262 bits per heavy atom. The first-order valence-electron chi connectivity index (χ1n) is 13.9. The Kier molecular flexibility index (Phi) is 14.8. The number of rotatable bonds is 23. The van der Waals surface area contributed by atoms with E-state index in [2.05, 4.69) is 0 Å². The van der Waals surface area contributed by atoms with Crippen LogP contribution in [0.1, 0.15) is 117 Å². The third-order valence-electron chi connectivity index (χ3n) is 7.08. The second kappa shape index (κ2) is 15.2. The number of halogens is 16. The van der Waals surface area contributed by atoms with E-state index < -0.39 is 73.1 Å². The van der Waals surface area contributed by atoms with Gasteiger partial charge in [0.15, 0.2) is 0 Å². The zero-order chi connectivity index (χ0) is 33.3. The van der Waals surface area contributed by atoms with Gasteiger partial charge in [0.1, 0.15) is 0 Å². The highest BCUT2D eigenvalue weighted by Gasteiger charge is 2.94. The topological polar surface area (TPSA) is 0 Å². The predicted octanol–water partition coefficient (Wildman–Crippen LogP) is 12.4. The fourth-order valence-electron chi connectivity index (χ4n) is 4.17. The predicted molar refractivity (Wildman–Crippen MR) is 125 cm³/mol. The van der Waals surface area contributed by atoms with E-state index in [1.165, 1.54) is 0 Å². The van der Waals surface area contributed by atoms with Crippen LogP contribution in [-0.4, -0.2) is 47.4 Å². The molecule has 0 saturated carbocycles. The minimum atomic E-state index is -8.34. The summed E-state index contributed by atoms with van der Waals surface area (Å²) in [6, 6.07) is 0. The molecule has 0 N–H and O–H groups in total. The first-order chi connectivity index (χ1) is 18.9. The molecular formula is C26H38F16. The fourth-order valence-corrected chi connectivity index (χ4v) is 4.17. The summed E-state index contributed by atoms with van der Waals surface area (Å²) < 4.78 is 224. The average molecular weight is 655 g/mol. The van der Waals surface area contributed by atoms with Gasteiger partial charge in [0.2, 0.25) is 0 Å². The first kappa shape index (κ1) is 40.9. The van der Waals surface area contributed by atoms with E-state index in [1.807, 2.05) is 6.92 Å². The molecule has 0 rings (SSSR count). The molecule has 0 amide bonds. The summed E-state index contributed by atoms with van der Waals surface area (Å²) >= 11 is 0. The van der Waals surface area contributed by atoms with Crippen molar-refractivity contribution in [2.45, 2.75) is 164 Å². The SMILES string of the molecule is CCCCCCCCCCC(F)(F)C(F)(F)C(F)(F)C(F)(F)C(F)(F)C(F)(F)C(F)(F)C(F)(F)CCCCCCCC. The number of hydrogen-bond acceptors (Lipinski definition) is 0. The van der Waals surface area contributed by atoms with Crippen molar-refractivity contribution in [2.24, 2.45) is 0 Å². The van der Waals surface area contributed by atoms with E-state index in [0.29, 0.717) is 32.1 Å². The van der Waals surface area contributed by atoms with Crippen molar-refractivity contribution >= 4 is 0 Å². The molecule has 0 aromatic rings. The van der Waals surface area contributed by atoms with Crippen LogP contribution in [0.4, 0.5) is 70.2 Å². The van der Waals surface area contributed by atoms with Crippen molar-refractivity contribution in [3.05, 3.63) is 0 Å². The Labute approximate surface area is 235 Å². The maximum Gasteiger partial charge on any atom is 0.384 e. The van der Waals surface area contributed by atoms with Crippen molar-refractivity contribution in [1.82, 2.24) is 0 Å². The molecule has 0 aliphatic carbocycles. The van der Waals surface area contributed by atoms with E-state index in [-0.39, 0.29) is 25.7 Å². The summed E-state index contributed by atoms with van der Waals surface area (Å²) in [6.45, 7) is 3.63. The highest BCUT2D eigenvalue weighted by atomic mass is 19.4. The Bertz CT molecular complexity index is 776. The van der Waals surface area contributed by atoms with Crippen LogP contribution < -0.4 is 0 Å². The minimum absolute atomic E-state index is 0.120. The molecule has 0 heterocycles. The van der Waals surface area contributed by atoms with Crippen LogP contribution in [0.25, 0.3) is 0 Å². The first-order valence-corrected chi connectivity index (χ1v) is 13.9. The molecular weight excluding hydrogens is 616 g/mol. The molecule has 16 heteroatoms. The second-order valence-electron chi connectivity index (χ2n) is 10.6. The quantitative estimate of drug-likeness (QED) is 0.0760. The molecule has 0 aromatic heterocycles. The number of unbranched alkanes of at least 4 members (excludes halogenated alkanes) is 12. The van der Waals surface area contributed by atoms with Crippen LogP contribution in [0.5, 0.6) is 0 Å². The molecule has 42 heavy (non-hydrogen) atoms. The van der Waals surface area contributed by atoms with Gasteiger partial charge in [0.05, 0.1) is 0 Å². The van der Waals surface area contributed by atoms with Gasteiger partial charge in [-0.15, -0.1) is 0 Å². The summed E-state index contributed by atoms with van der Waals surface area (Å²) in [5, 5.41) is 0. The standard InChI is InChI=1S/C26H38F16/c1-3-5-7-9-11-12-14-16-18-20(29,30)22(33,34)24(37,38)26(41,42)25(39,40)23(35,36)21(31,32)19(27,28)17-15-13-10-8-6-4-2/h3-18H2,1-2H3. The molecule has 0 aromatic carbocycles. The molecule has 0 saturated heterocycles. The van der Waals surface area contributed by atoms with Crippen LogP contribution >= 0.6 is 0 Å². The van der Waals surface area contributed by atoms with Gasteiger partial charge in [-0.05, 0) is 12.8 Å². The maximum atomic E-state index is 14.1. The highest BCUT2D eigenvalue weighted by molar-refractivity contribution is 5.15. The zero-order valence-electron chi connectivity index (χ0n) is 23.4. The van der Waals surface area contributed by atoms with Gasteiger partial charge in [0, 0.05) is 12.8 Å². The lowest BCUT2D eigenvalue weighted by molar-refractivity contribution is -0.453. The van der Waals surface area contributed by atoms with Crippen LogP contribution in [0.2, 0.25) is 0 Å². The van der Waals surface area contributed by atoms with Crippen molar-refractivity contribution in [1.29, 1.82) is 0 Å². The molecule has 0 fully saturated rings. The zero-order valence-corrected chi connectivity index (χ0v) is 23.4. The molecule has 0 aliphatic heterocycles. The smallest absolute Gasteiger partial charge is 0.200 e. The van der Waals surface area contributed by atoms with Gasteiger partial charge in [-0.25, -0.2) is 0 Å². The Morgan fingerprint density at radius 3 is 0.690 bits per heavy atom. The molecule has 0 nitrogen and oxygen atoms in total. The van der Waals surface area contributed by atoms with Crippen LogP contribution in [0.15, 0.2) is 0 Å². The van der Waals surface area contributed by atoms with Gasteiger partial charge in [-0.1, -0.05) is 90.9 Å². The molecule has 0 aliphatic rings. The lowest BCUT2D eigenvalue weighted by atomic mass is 9.86. The number of alkyl halides is 16. The largest absolute Gasteiger partial charge is 0.384 e. The lowest BCUT2D eigenvalue weighted by Gasteiger charge is -2.43. The van der Waals surface area contributed by atoms with Crippen molar-refractivity contribution in [3.8, 4) is 0 Å². The third kappa shape index (κ3) is 8.32. The third-order valence-corrected chi connectivity index (χ3v) is 7.08. The summed E-state index contributed by atoms with van der Waals surface area (Å²) in [4.78, 5) is 0. The van der Waals surface area contributed by atoms with E-state index in [0.717, 1.165) is 19.3 Å². The molecule has 0 unspecified atom stereocenters. The summed E-state index contributed by atoms with van der Waals surface area (Å²) in [7, 11) is 0. The molecule has 254 valence electrons. The summed E-state index contributed by atoms with van der Waals surface area (Å²) in [5.74, 6) is -60.2. The van der Waals surface area contributed by atoms with Crippen molar-refractivity contribution in [3.63, 3.8) is 0 Å². The second-order valence-corrected chi connectivity index (χ2v) is 10.6. The van der Waals surface area contributed by atoms with Crippen LogP contribution in [0, 0.1) is 0 Å². The number of hydrogen-bond donors (Lipinski definition) is 0. The van der Waals surface area contributed by atoms with Gasteiger partial charge in [0.25, 0.3) is 0 Å². The molecule has 0 radical (unpaired) electrons. The molecule has 0 atom stereocenters. The highest BCUT2D eigenvalue weighted by Crippen LogP contribution is 2.64. The van der Waals surface area contributed by atoms with E-state index in [9.17, 15) is 70.2 Å². The van der Waals surface area contributed by atoms with Crippen LogP contribution in [0.3, 0.4) is 0 Å². The summed E-state index contributed by atoms with van der Waals surface area (Å²) in [5.41, 5.74) is 0. The average Bonchev–Trinajstić information content (AvgIpc) is 2.86. The maximum absolute atomic E-state index is 14.1. The Hall–Kier alpha value is -1.12. The molecule has 0 spiro atoms. The van der Waals surface area contributed by atoms with Gasteiger partial charge < -0.3 is 0 Å². The van der Waals surface area contributed by atoms with Crippen molar-refractivity contribution in [2.75, 3.05) is 0 Å². The van der Waals surface area contributed by atoms with Crippen molar-refractivity contribution < 1.29 is 70.2 Å². The van der Waals surface area contributed by atoms with Gasteiger partial charge >= 0.3 is 47.4 Å². The lowest BCUT2D eigenvalue weighted by Crippen LogP contribution is -2.74. The normalized spacial score (nSPS) is 15.0. The van der Waals surface area contributed by atoms with E-state index >= 15 is 0 Å². The van der Waals surface area contributed by atoms with E-state index in [1.54, 1.807) is 6.92 Å². The van der Waals surface area contributed by atoms with E-state index in [4.69, 9.17) is 0 Å². The summed E-state index contributed by atoms with van der Waals surface area (Å²) in [6.07, 6.45) is -1.81. The van der Waals surface area contributed by atoms with Gasteiger partial charge in [-0.3, -0.25) is 0 Å². The van der Waals surface area contributed by atoms with Gasteiger partial charge in [-0.2, -0.15) is 70.2 Å². The molecule has 0 bridgehead atoms.